The summed E-state index contributed by atoms with van der Waals surface area (Å²) in [7, 11) is 1.65. The molecule has 7 nitrogen and oxygen atoms in total. The van der Waals surface area contributed by atoms with Crippen LogP contribution in [0.5, 0.6) is 0 Å². The van der Waals surface area contributed by atoms with Gasteiger partial charge in [0.25, 0.3) is 5.91 Å². The van der Waals surface area contributed by atoms with Crippen molar-refractivity contribution in [2.24, 2.45) is 7.05 Å². The van der Waals surface area contributed by atoms with Gasteiger partial charge >= 0.3 is 6.03 Å². The van der Waals surface area contributed by atoms with Crippen molar-refractivity contribution in [2.45, 2.75) is 19.5 Å². The third-order valence-corrected chi connectivity index (χ3v) is 3.57. The lowest BCUT2D eigenvalue weighted by atomic mass is 10.2. The van der Waals surface area contributed by atoms with E-state index in [1.54, 1.807) is 14.0 Å². The van der Waals surface area contributed by atoms with Crippen molar-refractivity contribution < 1.29 is 9.59 Å². The molecule has 2 aromatic rings. The number of amides is 3. The molecule has 1 aliphatic heterocycles. The second-order valence-corrected chi connectivity index (χ2v) is 4.93. The summed E-state index contributed by atoms with van der Waals surface area (Å²) in [6.07, 6.45) is 1.32. The Bertz CT molecular complexity index is 682. The van der Waals surface area contributed by atoms with Crippen molar-refractivity contribution in [1.82, 2.24) is 19.7 Å². The van der Waals surface area contributed by atoms with Crippen LogP contribution in [0.25, 0.3) is 0 Å². The van der Waals surface area contributed by atoms with E-state index >= 15 is 0 Å². The summed E-state index contributed by atoms with van der Waals surface area (Å²) >= 11 is 0. The predicted octanol–water partition coefficient (Wildman–Crippen LogP) is 1.17. The van der Waals surface area contributed by atoms with Crippen LogP contribution >= 0.6 is 0 Å². The zero-order valence-corrected chi connectivity index (χ0v) is 11.8. The van der Waals surface area contributed by atoms with Gasteiger partial charge in [-0.2, -0.15) is 15.0 Å². The maximum Gasteiger partial charge on any atom is 0.334 e. The fraction of sp³-hybridized carbons (Fsp3) is 0.286. The zero-order valence-electron chi connectivity index (χ0n) is 11.8. The highest BCUT2D eigenvalue weighted by atomic mass is 16.2. The summed E-state index contributed by atoms with van der Waals surface area (Å²) in [5, 5.41) is 3.91. The average molecular weight is 285 g/mol. The molecule has 108 valence electrons. The Morgan fingerprint density at radius 2 is 1.90 bits per heavy atom. The summed E-state index contributed by atoms with van der Waals surface area (Å²) < 4.78 is 1.41. The van der Waals surface area contributed by atoms with E-state index in [1.807, 2.05) is 30.3 Å². The molecule has 21 heavy (non-hydrogen) atoms. The SMILES string of the molecule is C[C@@H]1C(=O)N(c2ncnn2C)C(=O)N1Cc1ccccc1. The third kappa shape index (κ3) is 2.16. The van der Waals surface area contributed by atoms with Crippen molar-refractivity contribution in [2.75, 3.05) is 4.90 Å². The number of carbonyl (C=O) groups is 2. The minimum absolute atomic E-state index is 0.243. The molecule has 1 aliphatic rings. The van der Waals surface area contributed by atoms with Gasteiger partial charge in [0.05, 0.1) is 0 Å². The molecule has 0 aliphatic carbocycles. The van der Waals surface area contributed by atoms with Gasteiger partial charge in [0, 0.05) is 13.6 Å². The van der Waals surface area contributed by atoms with Crippen LogP contribution in [-0.2, 0) is 18.4 Å². The maximum atomic E-state index is 12.5. The number of urea groups is 1. The Balaban J connectivity index is 1.89. The summed E-state index contributed by atoms with van der Waals surface area (Å²) in [6, 6.07) is 8.69. The number of aryl methyl sites for hydroxylation is 1. The fourth-order valence-corrected chi connectivity index (χ4v) is 2.37. The first-order valence-electron chi connectivity index (χ1n) is 6.62. The molecular weight excluding hydrogens is 270 g/mol. The second-order valence-electron chi connectivity index (χ2n) is 4.93. The van der Waals surface area contributed by atoms with Gasteiger partial charge in [0.1, 0.15) is 12.4 Å². The fourth-order valence-electron chi connectivity index (χ4n) is 2.37. The molecule has 1 aromatic carbocycles. The largest absolute Gasteiger partial charge is 0.334 e. The molecule has 2 heterocycles. The molecule has 3 amide bonds. The Morgan fingerprint density at radius 1 is 1.19 bits per heavy atom. The van der Waals surface area contributed by atoms with E-state index in [9.17, 15) is 9.59 Å². The molecule has 3 rings (SSSR count). The highest BCUT2D eigenvalue weighted by Gasteiger charge is 2.45. The van der Waals surface area contributed by atoms with E-state index in [2.05, 4.69) is 10.1 Å². The van der Waals surface area contributed by atoms with E-state index in [1.165, 1.54) is 15.9 Å². The number of aromatic nitrogens is 3. The van der Waals surface area contributed by atoms with Gasteiger partial charge in [0.2, 0.25) is 5.95 Å². The molecule has 0 bridgehead atoms. The van der Waals surface area contributed by atoms with Crippen molar-refractivity contribution in [3.8, 4) is 0 Å². The number of imide groups is 1. The highest BCUT2D eigenvalue weighted by molar-refractivity contribution is 6.20. The highest BCUT2D eigenvalue weighted by Crippen LogP contribution is 2.24. The van der Waals surface area contributed by atoms with Crippen molar-refractivity contribution in [1.29, 1.82) is 0 Å². The average Bonchev–Trinajstić information content (AvgIpc) is 2.98. The summed E-state index contributed by atoms with van der Waals surface area (Å²) in [5.74, 6) is -0.0422. The van der Waals surface area contributed by atoms with Crippen LogP contribution in [0.4, 0.5) is 10.7 Å². The van der Waals surface area contributed by atoms with Crippen LogP contribution in [0.15, 0.2) is 36.7 Å². The third-order valence-electron chi connectivity index (χ3n) is 3.57. The van der Waals surface area contributed by atoms with Gasteiger partial charge in [-0.15, -0.1) is 0 Å². The number of nitrogens with zero attached hydrogens (tertiary/aromatic N) is 5. The maximum absolute atomic E-state index is 12.5. The standard InChI is InChI=1S/C14H15N5O2/c1-10-12(20)19(13-15-9-16-17(13)2)14(21)18(10)8-11-6-4-3-5-7-11/h3-7,9-10H,8H2,1-2H3/t10-/m1/s1. The molecule has 1 aromatic heterocycles. The monoisotopic (exact) mass is 285 g/mol. The Labute approximate surface area is 121 Å². The van der Waals surface area contributed by atoms with Gasteiger partial charge in [-0.05, 0) is 12.5 Å². The van der Waals surface area contributed by atoms with E-state index in [4.69, 9.17) is 0 Å². The first-order valence-corrected chi connectivity index (χ1v) is 6.62. The summed E-state index contributed by atoms with van der Waals surface area (Å²) in [4.78, 5) is 31.5. The van der Waals surface area contributed by atoms with E-state index in [0.29, 0.717) is 6.54 Å². The molecule has 1 saturated heterocycles. The van der Waals surface area contributed by atoms with Gasteiger partial charge in [-0.1, -0.05) is 30.3 Å². The van der Waals surface area contributed by atoms with Crippen LogP contribution in [0.1, 0.15) is 12.5 Å². The quantitative estimate of drug-likeness (QED) is 0.794. The van der Waals surface area contributed by atoms with Crippen molar-refractivity contribution >= 4 is 17.9 Å². The van der Waals surface area contributed by atoms with Crippen LogP contribution in [0.3, 0.4) is 0 Å². The first-order chi connectivity index (χ1) is 10.1. The normalized spacial score (nSPS) is 18.7. The lowest BCUT2D eigenvalue weighted by molar-refractivity contribution is -0.119. The van der Waals surface area contributed by atoms with Crippen LogP contribution in [0, 0.1) is 0 Å². The molecule has 0 spiro atoms. The lowest BCUT2D eigenvalue weighted by Gasteiger charge is -2.18. The van der Waals surface area contributed by atoms with Gasteiger partial charge in [-0.25, -0.2) is 9.48 Å². The van der Waals surface area contributed by atoms with Gasteiger partial charge in [-0.3, -0.25) is 4.79 Å². The number of carbonyl (C=O) groups excluding carboxylic acids is 2. The van der Waals surface area contributed by atoms with E-state index in [0.717, 1.165) is 10.5 Å². The second kappa shape index (κ2) is 5.01. The number of rotatable bonds is 3. The molecular formula is C14H15N5O2. The van der Waals surface area contributed by atoms with Crippen molar-refractivity contribution in [3.05, 3.63) is 42.2 Å². The molecule has 0 saturated carbocycles. The molecule has 0 N–H and O–H groups in total. The molecule has 1 atom stereocenters. The smallest absolute Gasteiger partial charge is 0.308 e. The molecule has 7 heteroatoms. The Morgan fingerprint density at radius 3 is 2.52 bits per heavy atom. The number of anilines is 1. The number of benzene rings is 1. The minimum Gasteiger partial charge on any atom is -0.308 e. The van der Waals surface area contributed by atoms with Gasteiger partial charge in [0.15, 0.2) is 0 Å². The predicted molar refractivity (Wildman–Crippen MR) is 75.3 cm³/mol. The molecule has 0 unspecified atom stereocenters. The van der Waals surface area contributed by atoms with Crippen LogP contribution in [-0.4, -0.2) is 37.6 Å². The van der Waals surface area contributed by atoms with E-state index in [-0.39, 0.29) is 17.9 Å². The topological polar surface area (TPSA) is 71.3 Å². The van der Waals surface area contributed by atoms with E-state index < -0.39 is 6.04 Å². The summed E-state index contributed by atoms with van der Waals surface area (Å²) in [6.45, 7) is 2.11. The molecule has 1 fully saturated rings. The van der Waals surface area contributed by atoms with Gasteiger partial charge < -0.3 is 4.90 Å². The van der Waals surface area contributed by atoms with Crippen molar-refractivity contribution in [3.63, 3.8) is 0 Å². The lowest BCUT2D eigenvalue weighted by Crippen LogP contribution is -2.34. The zero-order chi connectivity index (χ0) is 15.0. The number of hydrogen-bond acceptors (Lipinski definition) is 4. The minimum atomic E-state index is -0.519. The van der Waals surface area contributed by atoms with Crippen LogP contribution in [0.2, 0.25) is 0 Å². The number of hydrogen-bond donors (Lipinski definition) is 0. The first kappa shape index (κ1) is 13.3. The molecule has 0 radical (unpaired) electrons. The van der Waals surface area contributed by atoms with Crippen LogP contribution < -0.4 is 4.90 Å². The summed E-state index contributed by atoms with van der Waals surface area (Å²) in [5.41, 5.74) is 0.977. The Kier molecular flexibility index (Phi) is 3.17. The Hall–Kier alpha value is -2.70.